The molecule has 0 saturated carbocycles. The number of carboxylic acids is 1. The number of carbonyl (C=O) groups is 2. The largest absolute Gasteiger partial charge is 0.475 e. The fourth-order valence-corrected chi connectivity index (χ4v) is 2.00. The van der Waals surface area contributed by atoms with Crippen molar-refractivity contribution >= 4 is 22.8 Å². The van der Waals surface area contributed by atoms with Gasteiger partial charge in [0.1, 0.15) is 5.58 Å². The van der Waals surface area contributed by atoms with Crippen LogP contribution in [0.5, 0.6) is 0 Å². The first-order chi connectivity index (χ1) is 10.0. The van der Waals surface area contributed by atoms with E-state index in [-0.39, 0.29) is 17.7 Å². The Morgan fingerprint density at radius 2 is 2.10 bits per heavy atom. The SMILES string of the molecule is CCNC(=O)C(C)NCc1ccc2oc(C(=O)O)cc2c1. The van der Waals surface area contributed by atoms with Gasteiger partial charge in [0.25, 0.3) is 0 Å². The summed E-state index contributed by atoms with van der Waals surface area (Å²) in [6, 6.07) is 6.63. The summed E-state index contributed by atoms with van der Waals surface area (Å²) in [7, 11) is 0. The lowest BCUT2D eigenvalue weighted by Crippen LogP contribution is -2.41. The molecule has 1 aromatic heterocycles. The van der Waals surface area contributed by atoms with Crippen molar-refractivity contribution in [1.29, 1.82) is 0 Å². The molecule has 0 spiro atoms. The average molecular weight is 290 g/mol. The van der Waals surface area contributed by atoms with E-state index in [1.807, 2.05) is 19.1 Å². The van der Waals surface area contributed by atoms with E-state index in [0.717, 1.165) is 10.9 Å². The van der Waals surface area contributed by atoms with Crippen molar-refractivity contribution in [3.05, 3.63) is 35.6 Å². The van der Waals surface area contributed by atoms with Gasteiger partial charge in [-0.3, -0.25) is 4.79 Å². The van der Waals surface area contributed by atoms with Crippen molar-refractivity contribution in [3.63, 3.8) is 0 Å². The zero-order chi connectivity index (χ0) is 15.4. The van der Waals surface area contributed by atoms with Crippen molar-refractivity contribution in [3.8, 4) is 0 Å². The van der Waals surface area contributed by atoms with Crippen LogP contribution in [0, 0.1) is 0 Å². The van der Waals surface area contributed by atoms with Gasteiger partial charge >= 0.3 is 5.97 Å². The van der Waals surface area contributed by atoms with Crippen molar-refractivity contribution in [2.24, 2.45) is 0 Å². The summed E-state index contributed by atoms with van der Waals surface area (Å²) in [5.74, 6) is -1.21. The monoisotopic (exact) mass is 290 g/mol. The normalized spacial score (nSPS) is 12.3. The number of nitrogens with one attached hydrogen (secondary N) is 2. The van der Waals surface area contributed by atoms with Gasteiger partial charge in [0, 0.05) is 18.5 Å². The van der Waals surface area contributed by atoms with Gasteiger partial charge < -0.3 is 20.2 Å². The number of fused-ring (bicyclic) bond motifs is 1. The maximum absolute atomic E-state index is 11.6. The average Bonchev–Trinajstić information content (AvgIpc) is 2.88. The highest BCUT2D eigenvalue weighted by atomic mass is 16.4. The summed E-state index contributed by atoms with van der Waals surface area (Å²) in [4.78, 5) is 22.5. The standard InChI is InChI=1S/C15H18N2O4/c1-3-16-14(18)9(2)17-8-10-4-5-12-11(6-10)7-13(21-12)15(19)20/h4-7,9,17H,3,8H2,1-2H3,(H,16,18)(H,19,20). The van der Waals surface area contributed by atoms with Crippen molar-refractivity contribution in [1.82, 2.24) is 10.6 Å². The summed E-state index contributed by atoms with van der Waals surface area (Å²) in [6.45, 7) is 4.78. The Morgan fingerprint density at radius 3 is 2.76 bits per heavy atom. The van der Waals surface area contributed by atoms with E-state index in [9.17, 15) is 9.59 Å². The number of carboxylic acid groups (broad SMARTS) is 1. The minimum absolute atomic E-state index is 0.0462. The Labute approximate surface area is 122 Å². The number of carbonyl (C=O) groups excluding carboxylic acids is 1. The van der Waals surface area contributed by atoms with Crippen LogP contribution in [-0.2, 0) is 11.3 Å². The third-order valence-corrected chi connectivity index (χ3v) is 3.15. The summed E-state index contributed by atoms with van der Waals surface area (Å²) in [6.07, 6.45) is 0. The molecule has 0 saturated heterocycles. The maximum Gasteiger partial charge on any atom is 0.371 e. The van der Waals surface area contributed by atoms with E-state index in [2.05, 4.69) is 10.6 Å². The molecule has 0 aliphatic heterocycles. The molecule has 3 N–H and O–H groups in total. The fourth-order valence-electron chi connectivity index (χ4n) is 2.00. The second-order valence-electron chi connectivity index (χ2n) is 4.79. The zero-order valence-electron chi connectivity index (χ0n) is 12.0. The van der Waals surface area contributed by atoms with Gasteiger partial charge in [0.2, 0.25) is 11.7 Å². The molecule has 112 valence electrons. The number of amides is 1. The molecular weight excluding hydrogens is 272 g/mol. The summed E-state index contributed by atoms with van der Waals surface area (Å²) in [5.41, 5.74) is 1.49. The van der Waals surface area contributed by atoms with E-state index in [4.69, 9.17) is 9.52 Å². The van der Waals surface area contributed by atoms with Crippen LogP contribution in [0.2, 0.25) is 0 Å². The number of hydrogen-bond donors (Lipinski definition) is 3. The Hall–Kier alpha value is -2.34. The Bertz CT molecular complexity index is 663. The Morgan fingerprint density at radius 1 is 1.33 bits per heavy atom. The molecule has 0 bridgehead atoms. The van der Waals surface area contributed by atoms with Crippen LogP contribution in [0.15, 0.2) is 28.7 Å². The van der Waals surface area contributed by atoms with Crippen LogP contribution in [0.3, 0.4) is 0 Å². The van der Waals surface area contributed by atoms with Gasteiger partial charge in [-0.2, -0.15) is 0 Å². The quantitative estimate of drug-likeness (QED) is 0.754. The van der Waals surface area contributed by atoms with Gasteiger partial charge in [0.15, 0.2) is 0 Å². The topological polar surface area (TPSA) is 91.6 Å². The number of likely N-dealkylation sites (N-methyl/N-ethyl adjacent to an activating group) is 1. The maximum atomic E-state index is 11.6. The number of aromatic carboxylic acids is 1. The van der Waals surface area contributed by atoms with Crippen LogP contribution >= 0.6 is 0 Å². The van der Waals surface area contributed by atoms with E-state index in [0.29, 0.717) is 18.7 Å². The highest BCUT2D eigenvalue weighted by Gasteiger charge is 2.12. The molecular formula is C15H18N2O4. The predicted octanol–water partition coefficient (Wildman–Crippen LogP) is 1.75. The fraction of sp³-hybridized carbons (Fsp3) is 0.333. The molecule has 1 unspecified atom stereocenters. The van der Waals surface area contributed by atoms with Crippen LogP contribution in [0.25, 0.3) is 11.0 Å². The predicted molar refractivity (Wildman–Crippen MR) is 78.2 cm³/mol. The van der Waals surface area contributed by atoms with Crippen molar-refractivity contribution < 1.29 is 19.1 Å². The highest BCUT2D eigenvalue weighted by molar-refractivity contribution is 5.91. The molecule has 0 aliphatic carbocycles. The lowest BCUT2D eigenvalue weighted by Gasteiger charge is -2.13. The summed E-state index contributed by atoms with van der Waals surface area (Å²) in [5, 5.41) is 15.5. The molecule has 2 aromatic rings. The minimum atomic E-state index is -1.09. The molecule has 0 fully saturated rings. The molecule has 1 atom stereocenters. The first kappa shape index (κ1) is 15.1. The van der Waals surface area contributed by atoms with Crippen LogP contribution in [-0.4, -0.2) is 29.6 Å². The van der Waals surface area contributed by atoms with Crippen LogP contribution in [0.1, 0.15) is 30.0 Å². The number of benzene rings is 1. The third kappa shape index (κ3) is 3.61. The number of rotatable bonds is 6. The second kappa shape index (κ2) is 6.41. The molecule has 1 aromatic carbocycles. The van der Waals surface area contributed by atoms with E-state index >= 15 is 0 Å². The van der Waals surface area contributed by atoms with Gasteiger partial charge in [-0.25, -0.2) is 4.79 Å². The third-order valence-electron chi connectivity index (χ3n) is 3.15. The Kier molecular flexibility index (Phi) is 4.59. The van der Waals surface area contributed by atoms with Crippen molar-refractivity contribution in [2.45, 2.75) is 26.4 Å². The Balaban J connectivity index is 2.05. The van der Waals surface area contributed by atoms with Gasteiger partial charge in [-0.1, -0.05) is 6.07 Å². The van der Waals surface area contributed by atoms with Gasteiger partial charge in [-0.05, 0) is 37.6 Å². The molecule has 6 nitrogen and oxygen atoms in total. The zero-order valence-corrected chi connectivity index (χ0v) is 12.0. The lowest BCUT2D eigenvalue weighted by atomic mass is 10.1. The van der Waals surface area contributed by atoms with Crippen LogP contribution in [0.4, 0.5) is 0 Å². The lowest BCUT2D eigenvalue weighted by molar-refractivity contribution is -0.122. The minimum Gasteiger partial charge on any atom is -0.475 e. The van der Waals surface area contributed by atoms with Gasteiger partial charge in [0.05, 0.1) is 6.04 Å². The van der Waals surface area contributed by atoms with E-state index in [1.165, 1.54) is 6.07 Å². The summed E-state index contributed by atoms with van der Waals surface area (Å²) < 4.78 is 5.20. The smallest absolute Gasteiger partial charge is 0.371 e. The first-order valence-corrected chi connectivity index (χ1v) is 6.78. The molecule has 21 heavy (non-hydrogen) atoms. The van der Waals surface area contributed by atoms with Gasteiger partial charge in [-0.15, -0.1) is 0 Å². The molecule has 0 radical (unpaired) electrons. The van der Waals surface area contributed by atoms with Crippen molar-refractivity contribution in [2.75, 3.05) is 6.54 Å². The molecule has 6 heteroatoms. The van der Waals surface area contributed by atoms with E-state index < -0.39 is 5.97 Å². The first-order valence-electron chi connectivity index (χ1n) is 6.78. The molecule has 2 rings (SSSR count). The number of furan rings is 1. The molecule has 1 amide bonds. The highest BCUT2D eigenvalue weighted by Crippen LogP contribution is 2.20. The molecule has 0 aliphatic rings. The number of hydrogen-bond acceptors (Lipinski definition) is 4. The van der Waals surface area contributed by atoms with E-state index in [1.54, 1.807) is 13.0 Å². The second-order valence-corrected chi connectivity index (χ2v) is 4.79. The summed E-state index contributed by atoms with van der Waals surface area (Å²) >= 11 is 0. The van der Waals surface area contributed by atoms with Crippen LogP contribution < -0.4 is 10.6 Å². The molecule has 1 heterocycles.